The van der Waals surface area contributed by atoms with Gasteiger partial charge in [-0.3, -0.25) is 9.59 Å². The molecule has 1 fully saturated rings. The van der Waals surface area contributed by atoms with E-state index in [-0.39, 0.29) is 18.4 Å². The molecular formula is C22H23FN2O3. The minimum atomic E-state index is -0.517. The summed E-state index contributed by atoms with van der Waals surface area (Å²) in [5.41, 5.74) is 2.15. The van der Waals surface area contributed by atoms with Crippen molar-refractivity contribution in [3.63, 3.8) is 0 Å². The molecule has 28 heavy (non-hydrogen) atoms. The van der Waals surface area contributed by atoms with E-state index in [9.17, 15) is 14.0 Å². The summed E-state index contributed by atoms with van der Waals surface area (Å²) in [6, 6.07) is 13.1. The molecule has 6 heteroatoms. The summed E-state index contributed by atoms with van der Waals surface area (Å²) in [5.74, 6) is -0.380. The predicted molar refractivity (Wildman–Crippen MR) is 102 cm³/mol. The topological polar surface area (TPSA) is 49.9 Å². The summed E-state index contributed by atoms with van der Waals surface area (Å²) in [6.07, 6.45) is 2.52. The fourth-order valence-electron chi connectivity index (χ4n) is 3.94. The van der Waals surface area contributed by atoms with Crippen LogP contribution < -0.4 is 4.74 Å². The van der Waals surface area contributed by atoms with Crippen molar-refractivity contribution in [2.24, 2.45) is 0 Å². The molecule has 0 aromatic heterocycles. The maximum atomic E-state index is 13.3. The van der Waals surface area contributed by atoms with Gasteiger partial charge in [-0.15, -0.1) is 0 Å². The van der Waals surface area contributed by atoms with Crippen molar-refractivity contribution in [1.29, 1.82) is 0 Å². The number of carbonyl (C=O) groups is 2. The quantitative estimate of drug-likeness (QED) is 0.817. The third-order valence-electron chi connectivity index (χ3n) is 5.43. The molecule has 2 heterocycles. The van der Waals surface area contributed by atoms with Gasteiger partial charge in [0.1, 0.15) is 17.6 Å². The Kier molecular flexibility index (Phi) is 5.28. The molecule has 2 aliphatic heterocycles. The highest BCUT2D eigenvalue weighted by Crippen LogP contribution is 2.26. The van der Waals surface area contributed by atoms with Crippen LogP contribution in [0.3, 0.4) is 0 Å². The van der Waals surface area contributed by atoms with Crippen LogP contribution in [0.25, 0.3) is 0 Å². The number of amides is 2. The number of hydrogen-bond acceptors (Lipinski definition) is 3. The van der Waals surface area contributed by atoms with Crippen molar-refractivity contribution in [3.05, 3.63) is 65.5 Å². The zero-order valence-corrected chi connectivity index (χ0v) is 15.6. The van der Waals surface area contributed by atoms with E-state index in [1.807, 2.05) is 29.2 Å². The van der Waals surface area contributed by atoms with Crippen LogP contribution in [0.4, 0.5) is 4.39 Å². The molecule has 0 bridgehead atoms. The standard InChI is InChI=1S/C22H23FN2O3/c23-18-8-5-9-19(13-18)28-15-21(26)25-14-17-7-2-1-6-16(17)12-20(25)22(27)24-10-3-4-11-24/h1-2,5-9,13,20H,3-4,10-12,14-15H2. The van der Waals surface area contributed by atoms with Crippen molar-refractivity contribution in [3.8, 4) is 5.75 Å². The van der Waals surface area contributed by atoms with Crippen molar-refractivity contribution in [1.82, 2.24) is 9.80 Å². The van der Waals surface area contributed by atoms with Crippen LogP contribution in [0.5, 0.6) is 5.75 Å². The lowest BCUT2D eigenvalue weighted by molar-refractivity contribution is -0.147. The molecule has 0 N–H and O–H groups in total. The van der Waals surface area contributed by atoms with E-state index in [1.54, 1.807) is 11.0 Å². The molecule has 2 aromatic carbocycles. The van der Waals surface area contributed by atoms with Crippen LogP contribution in [0.1, 0.15) is 24.0 Å². The number of halogens is 1. The number of fused-ring (bicyclic) bond motifs is 1. The second-order valence-electron chi connectivity index (χ2n) is 7.29. The first kappa shape index (κ1) is 18.5. The molecule has 0 spiro atoms. The van der Waals surface area contributed by atoms with E-state index < -0.39 is 11.9 Å². The molecule has 5 nitrogen and oxygen atoms in total. The summed E-state index contributed by atoms with van der Waals surface area (Å²) in [6.45, 7) is 1.65. The number of hydrogen-bond donors (Lipinski definition) is 0. The molecule has 146 valence electrons. The molecule has 4 rings (SSSR count). The Hall–Kier alpha value is -2.89. The van der Waals surface area contributed by atoms with Gasteiger partial charge in [-0.05, 0) is 36.1 Å². The Morgan fingerprint density at radius 1 is 1.04 bits per heavy atom. The summed E-state index contributed by atoms with van der Waals surface area (Å²) >= 11 is 0. The predicted octanol–water partition coefficient (Wildman–Crippen LogP) is 2.78. The monoisotopic (exact) mass is 382 g/mol. The molecule has 2 amide bonds. The molecule has 2 aliphatic rings. The zero-order valence-electron chi connectivity index (χ0n) is 15.6. The first-order valence-electron chi connectivity index (χ1n) is 9.65. The molecule has 0 saturated carbocycles. The largest absolute Gasteiger partial charge is 0.484 e. The van der Waals surface area contributed by atoms with Crippen LogP contribution in [0.15, 0.2) is 48.5 Å². The number of carbonyl (C=O) groups excluding carboxylic acids is 2. The number of nitrogens with zero attached hydrogens (tertiary/aromatic N) is 2. The molecule has 2 aromatic rings. The Labute approximate surface area is 163 Å². The van der Waals surface area contributed by atoms with Crippen LogP contribution in [0.2, 0.25) is 0 Å². The third-order valence-corrected chi connectivity index (χ3v) is 5.43. The Bertz CT molecular complexity index is 880. The average Bonchev–Trinajstić information content (AvgIpc) is 3.25. The van der Waals surface area contributed by atoms with Crippen molar-refractivity contribution in [2.45, 2.75) is 31.8 Å². The van der Waals surface area contributed by atoms with Crippen molar-refractivity contribution >= 4 is 11.8 Å². The summed E-state index contributed by atoms with van der Waals surface area (Å²) in [4.78, 5) is 29.5. The van der Waals surface area contributed by atoms with Crippen LogP contribution in [-0.2, 0) is 22.6 Å². The average molecular weight is 382 g/mol. The minimum Gasteiger partial charge on any atom is -0.484 e. The summed E-state index contributed by atoms with van der Waals surface area (Å²) < 4.78 is 18.8. The van der Waals surface area contributed by atoms with Gasteiger partial charge in [0.2, 0.25) is 5.91 Å². The molecule has 1 saturated heterocycles. The number of likely N-dealkylation sites (tertiary alicyclic amines) is 1. The van der Waals surface area contributed by atoms with Gasteiger partial charge in [0.25, 0.3) is 5.91 Å². The van der Waals surface area contributed by atoms with Crippen LogP contribution in [-0.4, -0.2) is 47.4 Å². The normalized spacial score (nSPS) is 18.7. The summed E-state index contributed by atoms with van der Waals surface area (Å²) in [7, 11) is 0. The Balaban J connectivity index is 1.52. The van der Waals surface area contributed by atoms with Crippen molar-refractivity contribution in [2.75, 3.05) is 19.7 Å². The van der Waals surface area contributed by atoms with Gasteiger partial charge < -0.3 is 14.5 Å². The zero-order chi connectivity index (χ0) is 19.5. The van der Waals surface area contributed by atoms with Crippen LogP contribution >= 0.6 is 0 Å². The smallest absolute Gasteiger partial charge is 0.261 e. The minimum absolute atomic E-state index is 0.00566. The highest BCUT2D eigenvalue weighted by molar-refractivity contribution is 5.89. The molecule has 1 unspecified atom stereocenters. The third kappa shape index (κ3) is 3.86. The van der Waals surface area contributed by atoms with Gasteiger partial charge in [0.15, 0.2) is 6.61 Å². The maximum Gasteiger partial charge on any atom is 0.261 e. The molecule has 0 radical (unpaired) electrons. The lowest BCUT2D eigenvalue weighted by atomic mass is 9.93. The highest BCUT2D eigenvalue weighted by Gasteiger charge is 2.37. The van der Waals surface area contributed by atoms with Crippen LogP contribution in [0, 0.1) is 5.82 Å². The lowest BCUT2D eigenvalue weighted by Gasteiger charge is -2.37. The Morgan fingerprint density at radius 2 is 1.79 bits per heavy atom. The lowest BCUT2D eigenvalue weighted by Crippen LogP contribution is -2.54. The highest BCUT2D eigenvalue weighted by atomic mass is 19.1. The van der Waals surface area contributed by atoms with E-state index in [2.05, 4.69) is 0 Å². The molecular weight excluding hydrogens is 359 g/mol. The number of ether oxygens (including phenoxy) is 1. The van der Waals surface area contributed by atoms with E-state index in [0.717, 1.165) is 37.1 Å². The van der Waals surface area contributed by atoms with Gasteiger partial charge in [-0.1, -0.05) is 30.3 Å². The van der Waals surface area contributed by atoms with Crippen molar-refractivity contribution < 1.29 is 18.7 Å². The summed E-state index contributed by atoms with van der Waals surface area (Å²) in [5, 5.41) is 0. The van der Waals surface area contributed by atoms with E-state index >= 15 is 0 Å². The van der Waals surface area contributed by atoms with Gasteiger partial charge in [-0.25, -0.2) is 4.39 Å². The molecule has 0 aliphatic carbocycles. The fraction of sp³-hybridized carbons (Fsp3) is 0.364. The number of rotatable bonds is 4. The first-order chi connectivity index (χ1) is 13.6. The fourth-order valence-corrected chi connectivity index (χ4v) is 3.94. The SMILES string of the molecule is O=C(C1Cc2ccccc2CN1C(=O)COc1cccc(F)c1)N1CCCC1. The van der Waals surface area contributed by atoms with Gasteiger partial charge in [-0.2, -0.15) is 0 Å². The van der Waals surface area contributed by atoms with Gasteiger partial charge in [0, 0.05) is 32.1 Å². The second-order valence-corrected chi connectivity index (χ2v) is 7.29. The van der Waals surface area contributed by atoms with Gasteiger partial charge >= 0.3 is 0 Å². The Morgan fingerprint density at radius 3 is 2.54 bits per heavy atom. The number of benzene rings is 2. The second kappa shape index (κ2) is 8.00. The first-order valence-corrected chi connectivity index (χ1v) is 9.65. The van der Waals surface area contributed by atoms with E-state index in [4.69, 9.17) is 4.74 Å². The van der Waals surface area contributed by atoms with Gasteiger partial charge in [0.05, 0.1) is 0 Å². The van der Waals surface area contributed by atoms with E-state index in [0.29, 0.717) is 18.7 Å². The van der Waals surface area contributed by atoms with E-state index in [1.165, 1.54) is 18.2 Å². The molecule has 1 atom stereocenters. The maximum absolute atomic E-state index is 13.3.